The maximum absolute atomic E-state index is 13.6. The Hall–Kier alpha value is -1.13. The molecule has 1 aromatic carbocycles. The number of benzene rings is 1. The van der Waals surface area contributed by atoms with Gasteiger partial charge >= 0.3 is 0 Å². The molecule has 0 bridgehead atoms. The van der Waals surface area contributed by atoms with Gasteiger partial charge in [-0.3, -0.25) is 0 Å². The molecule has 0 heterocycles. The van der Waals surface area contributed by atoms with Crippen LogP contribution in [0.4, 0.5) is 4.39 Å². The van der Waals surface area contributed by atoms with Crippen molar-refractivity contribution < 1.29 is 14.2 Å². The van der Waals surface area contributed by atoms with Crippen LogP contribution in [0, 0.1) is 19.7 Å². The van der Waals surface area contributed by atoms with E-state index in [1.807, 2.05) is 0 Å². The molecule has 0 saturated heterocycles. The second-order valence-electron chi connectivity index (χ2n) is 3.51. The van der Waals surface area contributed by atoms with Gasteiger partial charge in [-0.1, -0.05) is 0 Å². The summed E-state index contributed by atoms with van der Waals surface area (Å²) in [6.45, 7) is 3.44. The van der Waals surface area contributed by atoms with Gasteiger partial charge in [-0.05, 0) is 36.6 Å². The van der Waals surface area contributed by atoms with Crippen LogP contribution >= 0.6 is 0 Å². The zero-order chi connectivity index (χ0) is 11.6. The molecule has 15 heavy (non-hydrogen) atoms. The van der Waals surface area contributed by atoms with E-state index in [1.54, 1.807) is 19.9 Å². The third-order valence-corrected chi connectivity index (χ3v) is 2.48. The summed E-state index contributed by atoms with van der Waals surface area (Å²) >= 11 is 0. The van der Waals surface area contributed by atoms with Crippen molar-refractivity contribution in [3.63, 3.8) is 0 Å². The average Bonchev–Trinajstić information content (AvgIpc) is 2.23. The van der Waals surface area contributed by atoms with E-state index >= 15 is 0 Å². The predicted octanol–water partition coefficient (Wildman–Crippen LogP) is 1.44. The minimum absolute atomic E-state index is 0.106. The number of aryl methyl sites for hydroxylation is 1. The van der Waals surface area contributed by atoms with Gasteiger partial charge in [-0.15, -0.1) is 0 Å². The van der Waals surface area contributed by atoms with Crippen molar-refractivity contribution in [2.24, 2.45) is 5.73 Å². The molecule has 1 rings (SSSR count). The van der Waals surface area contributed by atoms with Gasteiger partial charge in [0.15, 0.2) is 11.6 Å². The number of aliphatic hydroxyl groups excluding tert-OH is 1. The summed E-state index contributed by atoms with van der Waals surface area (Å²) in [5.41, 5.74) is 7.03. The third-order valence-electron chi connectivity index (χ3n) is 2.48. The maximum Gasteiger partial charge on any atom is 0.168 e. The molecular weight excluding hydrogens is 197 g/mol. The zero-order valence-electron chi connectivity index (χ0n) is 9.17. The van der Waals surface area contributed by atoms with E-state index in [9.17, 15) is 9.50 Å². The van der Waals surface area contributed by atoms with Crippen molar-refractivity contribution in [1.29, 1.82) is 0 Å². The molecule has 0 aliphatic heterocycles. The summed E-state index contributed by atoms with van der Waals surface area (Å²) < 4.78 is 18.5. The first-order chi connectivity index (χ1) is 7.02. The summed E-state index contributed by atoms with van der Waals surface area (Å²) in [4.78, 5) is 0. The highest BCUT2D eigenvalue weighted by Gasteiger charge is 2.17. The highest BCUT2D eigenvalue weighted by atomic mass is 19.1. The Kier molecular flexibility index (Phi) is 3.66. The van der Waals surface area contributed by atoms with Crippen molar-refractivity contribution in [2.45, 2.75) is 20.0 Å². The highest BCUT2D eigenvalue weighted by molar-refractivity contribution is 5.45. The quantitative estimate of drug-likeness (QED) is 0.798. The Labute approximate surface area is 88.7 Å². The number of methoxy groups -OCH3 is 1. The van der Waals surface area contributed by atoms with Crippen LogP contribution in [0.2, 0.25) is 0 Å². The Morgan fingerprint density at radius 3 is 2.60 bits per heavy atom. The lowest BCUT2D eigenvalue weighted by Gasteiger charge is -2.16. The van der Waals surface area contributed by atoms with E-state index in [4.69, 9.17) is 10.5 Å². The molecule has 0 amide bonds. The molecule has 84 valence electrons. The summed E-state index contributed by atoms with van der Waals surface area (Å²) in [6, 6.07) is 1.60. The zero-order valence-corrected chi connectivity index (χ0v) is 9.17. The number of ether oxygens (including phenoxy) is 1. The van der Waals surface area contributed by atoms with Gasteiger partial charge < -0.3 is 15.6 Å². The number of halogens is 1. The van der Waals surface area contributed by atoms with Gasteiger partial charge in [-0.25, -0.2) is 4.39 Å². The molecule has 1 aromatic rings. The van der Waals surface area contributed by atoms with Crippen LogP contribution in [0.25, 0.3) is 0 Å². The molecule has 1 unspecified atom stereocenters. The van der Waals surface area contributed by atoms with Crippen LogP contribution < -0.4 is 10.5 Å². The van der Waals surface area contributed by atoms with Gasteiger partial charge in [0.2, 0.25) is 0 Å². The normalized spacial score (nSPS) is 12.7. The van der Waals surface area contributed by atoms with E-state index in [0.29, 0.717) is 16.7 Å². The van der Waals surface area contributed by atoms with Gasteiger partial charge in [-0.2, -0.15) is 0 Å². The Balaban J connectivity index is 3.36. The molecule has 1 atom stereocenters. The van der Waals surface area contributed by atoms with E-state index in [1.165, 1.54) is 7.11 Å². The third kappa shape index (κ3) is 2.11. The first kappa shape index (κ1) is 11.9. The summed E-state index contributed by atoms with van der Waals surface area (Å²) in [6.07, 6.45) is -0.779. The van der Waals surface area contributed by atoms with Crippen molar-refractivity contribution in [3.05, 3.63) is 28.6 Å². The topological polar surface area (TPSA) is 55.5 Å². The molecule has 0 saturated carbocycles. The highest BCUT2D eigenvalue weighted by Crippen LogP contribution is 2.31. The molecular formula is C11H16FNO2. The van der Waals surface area contributed by atoms with Crippen molar-refractivity contribution >= 4 is 0 Å². The van der Waals surface area contributed by atoms with Crippen molar-refractivity contribution in [3.8, 4) is 5.75 Å². The molecule has 3 N–H and O–H groups in total. The van der Waals surface area contributed by atoms with Crippen LogP contribution in [0.5, 0.6) is 5.75 Å². The van der Waals surface area contributed by atoms with Crippen LogP contribution in [0.15, 0.2) is 6.07 Å². The van der Waals surface area contributed by atoms with Crippen LogP contribution in [0.1, 0.15) is 22.8 Å². The fourth-order valence-electron chi connectivity index (χ4n) is 1.60. The Morgan fingerprint density at radius 2 is 2.13 bits per heavy atom. The first-order valence-corrected chi connectivity index (χ1v) is 4.74. The molecule has 0 spiro atoms. The molecule has 0 fully saturated rings. The van der Waals surface area contributed by atoms with E-state index in [2.05, 4.69) is 0 Å². The van der Waals surface area contributed by atoms with Gasteiger partial charge in [0.1, 0.15) is 0 Å². The number of hydrogen-bond acceptors (Lipinski definition) is 3. The molecule has 4 heteroatoms. The number of hydrogen-bond donors (Lipinski definition) is 2. The van der Waals surface area contributed by atoms with Gasteiger partial charge in [0.05, 0.1) is 13.2 Å². The number of rotatable bonds is 3. The van der Waals surface area contributed by atoms with Gasteiger partial charge in [0.25, 0.3) is 0 Å². The molecule has 0 aliphatic carbocycles. The van der Waals surface area contributed by atoms with E-state index in [-0.39, 0.29) is 18.1 Å². The van der Waals surface area contributed by atoms with Crippen molar-refractivity contribution in [1.82, 2.24) is 0 Å². The largest absolute Gasteiger partial charge is 0.493 e. The van der Waals surface area contributed by atoms with Crippen LogP contribution in [-0.4, -0.2) is 18.8 Å². The lowest BCUT2D eigenvalue weighted by atomic mass is 9.99. The van der Waals surface area contributed by atoms with E-state index in [0.717, 1.165) is 0 Å². The van der Waals surface area contributed by atoms with Crippen LogP contribution in [-0.2, 0) is 0 Å². The maximum atomic E-state index is 13.6. The lowest BCUT2D eigenvalue weighted by Crippen LogP contribution is -2.14. The van der Waals surface area contributed by atoms with Gasteiger partial charge in [0, 0.05) is 6.54 Å². The molecule has 0 aliphatic rings. The monoisotopic (exact) mass is 213 g/mol. The van der Waals surface area contributed by atoms with Crippen LogP contribution in [0.3, 0.4) is 0 Å². The predicted molar refractivity (Wildman–Crippen MR) is 56.4 cm³/mol. The smallest absolute Gasteiger partial charge is 0.168 e. The second-order valence-corrected chi connectivity index (χ2v) is 3.51. The first-order valence-electron chi connectivity index (χ1n) is 4.74. The standard InChI is InChI=1S/C11H16FNO2/c1-6-4-8(9(14)5-13)7(2)11(15-3)10(6)12/h4,9,14H,5,13H2,1-3H3. The average molecular weight is 213 g/mol. The second kappa shape index (κ2) is 4.59. The number of nitrogens with two attached hydrogens (primary N) is 1. The molecule has 0 radical (unpaired) electrons. The number of aliphatic hydroxyl groups is 1. The SMILES string of the molecule is COc1c(C)c(C(O)CN)cc(C)c1F. The summed E-state index contributed by atoms with van der Waals surface area (Å²) in [5, 5.41) is 9.64. The van der Waals surface area contributed by atoms with Crippen molar-refractivity contribution in [2.75, 3.05) is 13.7 Å². The Bertz CT molecular complexity index is 366. The lowest BCUT2D eigenvalue weighted by molar-refractivity contribution is 0.185. The molecule has 3 nitrogen and oxygen atoms in total. The minimum atomic E-state index is -0.779. The Morgan fingerprint density at radius 1 is 1.53 bits per heavy atom. The fourth-order valence-corrected chi connectivity index (χ4v) is 1.60. The molecule has 0 aromatic heterocycles. The van der Waals surface area contributed by atoms with E-state index < -0.39 is 6.10 Å². The summed E-state index contributed by atoms with van der Waals surface area (Å²) in [7, 11) is 1.41. The summed E-state index contributed by atoms with van der Waals surface area (Å²) in [5.74, 6) is -0.208. The minimum Gasteiger partial charge on any atom is -0.493 e. The fraction of sp³-hybridized carbons (Fsp3) is 0.455.